The highest BCUT2D eigenvalue weighted by Gasteiger charge is 2.21. The molecule has 0 aliphatic carbocycles. The van der Waals surface area contributed by atoms with Crippen LogP contribution in [-0.2, 0) is 4.79 Å². The number of carbonyl (C=O) groups excluding carboxylic acids is 2. The lowest BCUT2D eigenvalue weighted by Crippen LogP contribution is -2.13. The first-order valence-corrected chi connectivity index (χ1v) is 8.64. The molecule has 0 radical (unpaired) electrons. The van der Waals surface area contributed by atoms with E-state index in [0.717, 1.165) is 28.7 Å². The van der Waals surface area contributed by atoms with E-state index < -0.39 is 11.8 Å². The van der Waals surface area contributed by atoms with Crippen molar-refractivity contribution >= 4 is 50.8 Å². The number of benzene rings is 1. The Morgan fingerprint density at radius 3 is 2.46 bits per heavy atom. The third kappa shape index (κ3) is 3.03. The van der Waals surface area contributed by atoms with Crippen LogP contribution in [0.3, 0.4) is 0 Å². The van der Waals surface area contributed by atoms with Crippen molar-refractivity contribution in [1.82, 2.24) is 9.97 Å². The van der Waals surface area contributed by atoms with Crippen molar-refractivity contribution in [3.05, 3.63) is 35.2 Å². The fourth-order valence-electron chi connectivity index (χ4n) is 2.19. The molecule has 0 atom stereocenters. The molecule has 2 heterocycles. The van der Waals surface area contributed by atoms with Crippen molar-refractivity contribution < 1.29 is 9.59 Å². The van der Waals surface area contributed by atoms with Crippen LogP contribution in [0.1, 0.15) is 9.67 Å². The molecule has 0 aliphatic rings. The largest absolute Gasteiger partial charge is 0.397 e. The fourth-order valence-corrected chi connectivity index (χ4v) is 3.78. The Kier molecular flexibility index (Phi) is 4.36. The maximum absolute atomic E-state index is 11.6. The first kappa shape index (κ1) is 16.2. The molecule has 122 valence electrons. The van der Waals surface area contributed by atoms with Gasteiger partial charge in [-0.3, -0.25) is 9.59 Å². The van der Waals surface area contributed by atoms with Gasteiger partial charge in [-0.25, -0.2) is 9.97 Å². The van der Waals surface area contributed by atoms with Crippen LogP contribution in [0.25, 0.3) is 21.5 Å². The highest BCUT2D eigenvalue weighted by Crippen LogP contribution is 2.39. The van der Waals surface area contributed by atoms with Gasteiger partial charge in [-0.05, 0) is 0 Å². The third-order valence-electron chi connectivity index (χ3n) is 3.18. The summed E-state index contributed by atoms with van der Waals surface area (Å²) in [6, 6.07) is 9.39. The molecule has 0 fully saturated rings. The molecular weight excluding hydrogens is 346 g/mol. The Hall–Kier alpha value is -2.65. The van der Waals surface area contributed by atoms with Gasteiger partial charge in [-0.15, -0.1) is 11.3 Å². The lowest BCUT2D eigenvalue weighted by molar-refractivity contribution is -0.115. The van der Waals surface area contributed by atoms with Crippen LogP contribution in [0.4, 0.5) is 5.69 Å². The quantitative estimate of drug-likeness (QED) is 0.467. The van der Waals surface area contributed by atoms with Crippen LogP contribution in [0.5, 0.6) is 0 Å². The minimum Gasteiger partial charge on any atom is -0.397 e. The number of thiophene rings is 1. The Morgan fingerprint density at radius 2 is 1.83 bits per heavy atom. The molecule has 3 rings (SSSR count). The summed E-state index contributed by atoms with van der Waals surface area (Å²) in [6.07, 6.45) is 0. The number of nitrogens with zero attached hydrogens (tertiary/aromatic N) is 2. The van der Waals surface area contributed by atoms with Crippen LogP contribution < -0.4 is 17.2 Å². The van der Waals surface area contributed by atoms with E-state index in [-0.39, 0.29) is 16.3 Å². The summed E-state index contributed by atoms with van der Waals surface area (Å²) < 4.78 is 0. The number of carbonyl (C=O) groups is 2. The second kappa shape index (κ2) is 6.46. The smallest absolute Gasteiger partial charge is 0.260 e. The molecular formula is C15H13N5O2S2. The van der Waals surface area contributed by atoms with Gasteiger partial charge in [0, 0.05) is 5.56 Å². The highest BCUT2D eigenvalue weighted by atomic mass is 32.2. The van der Waals surface area contributed by atoms with Gasteiger partial charge in [0.25, 0.3) is 5.91 Å². The first-order chi connectivity index (χ1) is 11.5. The van der Waals surface area contributed by atoms with Crippen molar-refractivity contribution in [3.63, 3.8) is 0 Å². The molecule has 0 aliphatic heterocycles. The van der Waals surface area contributed by atoms with Gasteiger partial charge in [0.2, 0.25) is 5.91 Å². The molecule has 0 bridgehead atoms. The number of primary amides is 2. The standard InChI is InChI=1S/C15H13N5O2S2/c16-8(21)6-23-15-19-11(7-4-2-1-3-5-7)9-10(17)12(13(18)22)24-14(9)20-15/h1-5H,6,17H2,(H2,16,21)(H2,18,22). The van der Waals surface area contributed by atoms with Crippen LogP contribution in [0.15, 0.2) is 35.5 Å². The number of nitrogen functional groups attached to an aromatic ring is 1. The maximum atomic E-state index is 11.6. The van der Waals surface area contributed by atoms with Gasteiger partial charge in [0.05, 0.1) is 22.5 Å². The summed E-state index contributed by atoms with van der Waals surface area (Å²) in [5.41, 5.74) is 18.3. The number of amides is 2. The van der Waals surface area contributed by atoms with E-state index in [1.807, 2.05) is 30.3 Å². The van der Waals surface area contributed by atoms with E-state index in [9.17, 15) is 9.59 Å². The summed E-state index contributed by atoms with van der Waals surface area (Å²) in [5.74, 6) is -1.02. The molecule has 0 saturated heterocycles. The number of thioether (sulfide) groups is 1. The fraction of sp³-hybridized carbons (Fsp3) is 0.0667. The van der Waals surface area contributed by atoms with E-state index >= 15 is 0 Å². The average molecular weight is 359 g/mol. The van der Waals surface area contributed by atoms with Crippen molar-refractivity contribution in [2.75, 3.05) is 11.5 Å². The summed E-state index contributed by atoms with van der Waals surface area (Å²) in [6.45, 7) is 0. The number of aromatic nitrogens is 2. The zero-order chi connectivity index (χ0) is 17.3. The molecule has 0 saturated carbocycles. The number of hydrogen-bond donors (Lipinski definition) is 3. The first-order valence-electron chi connectivity index (χ1n) is 6.83. The lowest BCUT2D eigenvalue weighted by atomic mass is 10.1. The number of rotatable bonds is 5. The van der Waals surface area contributed by atoms with Crippen molar-refractivity contribution in [3.8, 4) is 11.3 Å². The predicted molar refractivity (Wildman–Crippen MR) is 95.7 cm³/mol. The normalized spacial score (nSPS) is 10.8. The number of nitrogens with two attached hydrogens (primary N) is 3. The second-order valence-corrected chi connectivity index (χ2v) is 6.81. The lowest BCUT2D eigenvalue weighted by Gasteiger charge is -2.06. The molecule has 0 unspecified atom stereocenters. The van der Waals surface area contributed by atoms with Crippen molar-refractivity contribution in [2.45, 2.75) is 5.16 Å². The SMILES string of the molecule is NC(=O)CSc1nc(-c2ccccc2)c2c(N)c(C(N)=O)sc2n1. The topological polar surface area (TPSA) is 138 Å². The third-order valence-corrected chi connectivity index (χ3v) is 5.17. The van der Waals surface area contributed by atoms with Gasteiger partial charge in [-0.2, -0.15) is 0 Å². The van der Waals surface area contributed by atoms with Crippen LogP contribution >= 0.6 is 23.1 Å². The molecule has 1 aromatic carbocycles. The zero-order valence-corrected chi connectivity index (χ0v) is 14.0. The molecule has 3 aromatic rings. The number of fused-ring (bicyclic) bond motifs is 1. The Morgan fingerprint density at radius 1 is 1.12 bits per heavy atom. The summed E-state index contributed by atoms with van der Waals surface area (Å²) in [7, 11) is 0. The molecule has 2 amide bonds. The van der Waals surface area contributed by atoms with Gasteiger partial charge in [0.15, 0.2) is 5.16 Å². The maximum Gasteiger partial charge on any atom is 0.260 e. The summed E-state index contributed by atoms with van der Waals surface area (Å²) in [4.78, 5) is 32.2. The summed E-state index contributed by atoms with van der Waals surface area (Å²) >= 11 is 2.24. The van der Waals surface area contributed by atoms with Gasteiger partial charge >= 0.3 is 0 Å². The molecule has 0 spiro atoms. The minimum atomic E-state index is -0.610. The Labute approximate surface area is 145 Å². The molecule has 7 nitrogen and oxygen atoms in total. The summed E-state index contributed by atoms with van der Waals surface area (Å²) in [5, 5.41) is 0.973. The van der Waals surface area contributed by atoms with Gasteiger partial charge in [0.1, 0.15) is 9.71 Å². The molecule has 24 heavy (non-hydrogen) atoms. The molecule has 9 heteroatoms. The Balaban J connectivity index is 2.24. The van der Waals surface area contributed by atoms with E-state index in [0.29, 0.717) is 21.1 Å². The van der Waals surface area contributed by atoms with Gasteiger partial charge in [-0.1, -0.05) is 42.1 Å². The van der Waals surface area contributed by atoms with Crippen LogP contribution in [-0.4, -0.2) is 27.5 Å². The number of anilines is 1. The number of hydrogen-bond acceptors (Lipinski definition) is 7. The monoisotopic (exact) mass is 359 g/mol. The van der Waals surface area contributed by atoms with E-state index in [2.05, 4.69) is 9.97 Å². The Bertz CT molecular complexity index is 940. The van der Waals surface area contributed by atoms with Crippen molar-refractivity contribution in [1.29, 1.82) is 0 Å². The minimum absolute atomic E-state index is 0.0588. The van der Waals surface area contributed by atoms with E-state index in [1.54, 1.807) is 0 Å². The highest BCUT2D eigenvalue weighted by molar-refractivity contribution is 7.99. The predicted octanol–water partition coefficient (Wildman–Crippen LogP) is 1.62. The van der Waals surface area contributed by atoms with E-state index in [1.165, 1.54) is 0 Å². The van der Waals surface area contributed by atoms with E-state index in [4.69, 9.17) is 17.2 Å². The average Bonchev–Trinajstić information content (AvgIpc) is 2.90. The van der Waals surface area contributed by atoms with Crippen LogP contribution in [0.2, 0.25) is 0 Å². The zero-order valence-electron chi connectivity index (χ0n) is 12.4. The second-order valence-electron chi connectivity index (χ2n) is 4.87. The molecule has 6 N–H and O–H groups in total. The van der Waals surface area contributed by atoms with Gasteiger partial charge < -0.3 is 17.2 Å². The molecule has 2 aromatic heterocycles. The van der Waals surface area contributed by atoms with Crippen molar-refractivity contribution in [2.24, 2.45) is 11.5 Å². The van der Waals surface area contributed by atoms with Crippen LogP contribution in [0, 0.1) is 0 Å².